The van der Waals surface area contributed by atoms with Crippen molar-refractivity contribution < 1.29 is 14.7 Å². The molecular weight excluding hydrogens is 665 g/mol. The first-order chi connectivity index (χ1) is 23.7. The van der Waals surface area contributed by atoms with Gasteiger partial charge in [0.05, 0.1) is 5.56 Å². The highest BCUT2D eigenvalue weighted by Gasteiger charge is 2.16. The Balaban J connectivity index is 0.000000148. The summed E-state index contributed by atoms with van der Waals surface area (Å²) in [7, 11) is 0. The first kappa shape index (κ1) is 32.5. The molecular formula is C32H26N12O3S2. The van der Waals surface area contributed by atoms with E-state index in [4.69, 9.17) is 10.8 Å². The molecule has 0 saturated carbocycles. The maximum absolute atomic E-state index is 12.5. The van der Waals surface area contributed by atoms with Gasteiger partial charge in [0.2, 0.25) is 0 Å². The Bertz CT molecular complexity index is 2340. The van der Waals surface area contributed by atoms with E-state index in [2.05, 4.69) is 45.4 Å². The minimum absolute atomic E-state index is 0.126. The third-order valence-electron chi connectivity index (χ3n) is 6.64. The zero-order valence-electron chi connectivity index (χ0n) is 25.9. The van der Waals surface area contributed by atoms with Gasteiger partial charge in [-0.3, -0.25) is 20.1 Å². The third kappa shape index (κ3) is 7.75. The van der Waals surface area contributed by atoms with Gasteiger partial charge in [0, 0.05) is 70.5 Å². The zero-order chi connectivity index (χ0) is 34.3. The van der Waals surface area contributed by atoms with Crippen molar-refractivity contribution in [2.24, 2.45) is 0 Å². The van der Waals surface area contributed by atoms with Crippen LogP contribution in [0.2, 0.25) is 0 Å². The summed E-state index contributed by atoms with van der Waals surface area (Å²) >= 11 is 2.81. The summed E-state index contributed by atoms with van der Waals surface area (Å²) in [4.78, 5) is 48.6. The van der Waals surface area contributed by atoms with Crippen LogP contribution in [0.15, 0.2) is 96.5 Å². The van der Waals surface area contributed by atoms with Crippen LogP contribution >= 0.6 is 22.7 Å². The first-order valence-corrected chi connectivity index (χ1v) is 16.2. The molecule has 0 unspecified atom stereocenters. The number of fused-ring (bicyclic) bond motifs is 2. The normalized spacial score (nSPS) is 10.6. The molecule has 0 aliphatic heterocycles. The predicted molar refractivity (Wildman–Crippen MR) is 185 cm³/mol. The summed E-state index contributed by atoms with van der Waals surface area (Å²) in [6, 6.07) is 14.1. The number of nitrogens with one attached hydrogen (secondary N) is 1. The molecule has 8 rings (SSSR count). The lowest BCUT2D eigenvalue weighted by atomic mass is 10.2. The number of aryl methyl sites for hydroxylation is 2. The summed E-state index contributed by atoms with van der Waals surface area (Å²) in [6.45, 7) is 3.81. The monoisotopic (exact) mass is 690 g/mol. The van der Waals surface area contributed by atoms with Gasteiger partial charge in [-0.15, -0.1) is 32.9 Å². The number of carboxylic acid groups (broad SMARTS) is 1. The lowest BCUT2D eigenvalue weighted by Crippen LogP contribution is -2.13. The number of pyridine rings is 4. The van der Waals surface area contributed by atoms with Crippen molar-refractivity contribution in [2.45, 2.75) is 13.8 Å². The van der Waals surface area contributed by atoms with Crippen LogP contribution in [0.1, 0.15) is 32.1 Å². The maximum Gasteiger partial charge on any atom is 0.339 e. The molecule has 0 bridgehead atoms. The lowest BCUT2D eigenvalue weighted by molar-refractivity contribution is 0.0698. The topological polar surface area (TPSA) is 204 Å². The minimum Gasteiger partial charge on any atom is -0.478 e. The molecule has 0 atom stereocenters. The van der Waals surface area contributed by atoms with Crippen LogP contribution in [0.5, 0.6) is 0 Å². The number of rotatable bonds is 5. The molecule has 1 amide bonds. The number of aromatic nitrogens is 10. The van der Waals surface area contributed by atoms with Gasteiger partial charge in [-0.2, -0.15) is 0 Å². The molecule has 0 fully saturated rings. The quantitative estimate of drug-likeness (QED) is 0.210. The largest absolute Gasteiger partial charge is 0.478 e. The number of hydrogen-bond acceptors (Lipinski definition) is 13. The van der Waals surface area contributed by atoms with Crippen molar-refractivity contribution in [2.75, 3.05) is 11.1 Å². The Labute approximate surface area is 285 Å². The highest BCUT2D eigenvalue weighted by molar-refractivity contribution is 7.13. The molecule has 0 aliphatic carbocycles. The van der Waals surface area contributed by atoms with Gasteiger partial charge in [-0.25, -0.2) is 33.8 Å². The maximum atomic E-state index is 12.5. The van der Waals surface area contributed by atoms with Crippen LogP contribution < -0.4 is 11.1 Å². The predicted octanol–water partition coefficient (Wildman–Crippen LogP) is 5.33. The molecule has 0 aromatic carbocycles. The Morgan fingerprint density at radius 1 is 0.735 bits per heavy atom. The fourth-order valence-electron chi connectivity index (χ4n) is 4.29. The Morgan fingerprint density at radius 2 is 1.29 bits per heavy atom. The molecule has 15 nitrogen and oxygen atoms in total. The molecule has 0 aliphatic rings. The molecule has 4 N–H and O–H groups in total. The highest BCUT2D eigenvalue weighted by Crippen LogP contribution is 2.20. The zero-order valence-corrected chi connectivity index (χ0v) is 27.5. The first-order valence-electron chi connectivity index (χ1n) is 14.4. The molecule has 17 heteroatoms. The van der Waals surface area contributed by atoms with Crippen LogP contribution in [-0.4, -0.2) is 66.1 Å². The average molecular weight is 691 g/mol. The van der Waals surface area contributed by atoms with Crippen molar-refractivity contribution in [1.82, 2.24) is 49.1 Å². The fourth-order valence-corrected chi connectivity index (χ4v) is 5.19. The Morgan fingerprint density at radius 3 is 1.73 bits per heavy atom. The molecule has 0 spiro atoms. The van der Waals surface area contributed by atoms with Crippen molar-refractivity contribution in [3.05, 3.63) is 119 Å². The van der Waals surface area contributed by atoms with E-state index in [1.807, 2.05) is 43.5 Å². The van der Waals surface area contributed by atoms with Crippen LogP contribution in [0.25, 0.3) is 34.1 Å². The molecule has 244 valence electrons. The Hall–Kier alpha value is -6.46. The number of nitrogens with two attached hydrogens (primary N) is 1. The second-order valence-electron chi connectivity index (χ2n) is 10.1. The summed E-state index contributed by atoms with van der Waals surface area (Å²) in [5.74, 6) is -0.304. The van der Waals surface area contributed by atoms with E-state index in [1.165, 1.54) is 33.3 Å². The van der Waals surface area contributed by atoms with Gasteiger partial charge in [0.1, 0.15) is 5.56 Å². The van der Waals surface area contributed by atoms with E-state index in [9.17, 15) is 9.59 Å². The molecule has 8 heterocycles. The number of hydrogen-bond donors (Lipinski definition) is 3. The van der Waals surface area contributed by atoms with Gasteiger partial charge in [0.15, 0.2) is 33.2 Å². The summed E-state index contributed by atoms with van der Waals surface area (Å²) in [6.07, 6.45) is 10.1. The van der Waals surface area contributed by atoms with E-state index in [0.29, 0.717) is 38.8 Å². The van der Waals surface area contributed by atoms with E-state index in [-0.39, 0.29) is 11.5 Å². The SMILES string of the molecule is Cc1ccc(-c2nc3c(C(=O)Nc4nccs4)cccn3n2)cn1.Cc1ccc(-c2nc3c(C(=O)O)cccn3n2)cn1.Nc1nccs1. The number of amides is 1. The van der Waals surface area contributed by atoms with Crippen molar-refractivity contribution in [1.29, 1.82) is 0 Å². The number of nitrogen functional groups attached to an aromatic ring is 1. The van der Waals surface area contributed by atoms with E-state index < -0.39 is 5.97 Å². The fraction of sp³-hybridized carbons (Fsp3) is 0.0625. The molecule has 8 aromatic rings. The number of carboxylic acids is 1. The number of carbonyl (C=O) groups excluding carboxylic acids is 1. The number of nitrogens with zero attached hydrogens (tertiary/aromatic N) is 10. The van der Waals surface area contributed by atoms with Crippen molar-refractivity contribution >= 4 is 56.1 Å². The molecule has 0 saturated heterocycles. The van der Waals surface area contributed by atoms with Gasteiger partial charge < -0.3 is 10.8 Å². The van der Waals surface area contributed by atoms with E-state index >= 15 is 0 Å². The lowest BCUT2D eigenvalue weighted by Gasteiger charge is -2.02. The van der Waals surface area contributed by atoms with Crippen molar-refractivity contribution in [3.63, 3.8) is 0 Å². The summed E-state index contributed by atoms with van der Waals surface area (Å²) < 4.78 is 3.05. The van der Waals surface area contributed by atoms with Gasteiger partial charge in [-0.1, -0.05) is 0 Å². The second kappa shape index (κ2) is 14.5. The number of carbonyl (C=O) groups is 2. The number of thiazole rings is 2. The van der Waals surface area contributed by atoms with E-state index in [1.54, 1.807) is 65.3 Å². The van der Waals surface area contributed by atoms with E-state index in [0.717, 1.165) is 22.5 Å². The summed E-state index contributed by atoms with van der Waals surface area (Å²) in [5, 5.41) is 25.4. The van der Waals surface area contributed by atoms with Gasteiger partial charge >= 0.3 is 5.97 Å². The second-order valence-corrected chi connectivity index (χ2v) is 11.9. The van der Waals surface area contributed by atoms with Crippen LogP contribution in [0.3, 0.4) is 0 Å². The molecule has 8 aromatic heterocycles. The van der Waals surface area contributed by atoms with Crippen LogP contribution in [-0.2, 0) is 0 Å². The smallest absolute Gasteiger partial charge is 0.339 e. The minimum atomic E-state index is -1.02. The molecule has 49 heavy (non-hydrogen) atoms. The van der Waals surface area contributed by atoms with Crippen LogP contribution in [0.4, 0.5) is 10.3 Å². The number of anilines is 2. The Kier molecular flexibility index (Phi) is 9.63. The van der Waals surface area contributed by atoms with Gasteiger partial charge in [-0.05, 0) is 62.4 Å². The molecule has 0 radical (unpaired) electrons. The number of aromatic carboxylic acids is 1. The highest BCUT2D eigenvalue weighted by atomic mass is 32.1. The van der Waals surface area contributed by atoms with Gasteiger partial charge in [0.25, 0.3) is 5.91 Å². The summed E-state index contributed by atoms with van der Waals surface area (Å²) in [5.41, 5.74) is 9.94. The average Bonchev–Trinajstić information content (AvgIpc) is 3.93. The van der Waals surface area contributed by atoms with Crippen LogP contribution in [0, 0.1) is 13.8 Å². The van der Waals surface area contributed by atoms with Crippen molar-refractivity contribution in [3.8, 4) is 22.8 Å². The third-order valence-corrected chi connectivity index (χ3v) is 7.94. The standard InChI is InChI=1S/C16H12N6OS.C13H10N4O2.C3H4N2S/c1-10-4-5-11(9-18-10)13-19-14-12(3-2-7-22(14)21-13)15(23)20-16-17-6-8-24-16;1-8-4-5-9(7-14-8)11-15-12-10(13(18)19)3-2-6-17(12)16-11;4-3-5-1-2-6-3/h2-9H,1H3,(H,17,20,23);2-7H,1H3,(H,18,19);1-2H,(H2,4,5).